The van der Waals surface area contributed by atoms with Gasteiger partial charge in [0.05, 0.1) is 32.1 Å². The Labute approximate surface area is 147 Å². The fourth-order valence-corrected chi connectivity index (χ4v) is 2.34. The fourth-order valence-electron chi connectivity index (χ4n) is 2.34. The van der Waals surface area contributed by atoms with Gasteiger partial charge in [-0.2, -0.15) is 5.10 Å². The van der Waals surface area contributed by atoms with E-state index in [0.29, 0.717) is 23.8 Å². The van der Waals surface area contributed by atoms with Gasteiger partial charge in [0.1, 0.15) is 17.2 Å². The second kappa shape index (κ2) is 8.73. The van der Waals surface area contributed by atoms with Crippen molar-refractivity contribution in [3.8, 4) is 22.6 Å². The number of rotatable bonds is 7. The molecule has 0 saturated carbocycles. The van der Waals surface area contributed by atoms with Crippen molar-refractivity contribution in [2.24, 2.45) is 5.10 Å². The quantitative estimate of drug-likeness (QED) is 0.472. The van der Waals surface area contributed by atoms with Crippen molar-refractivity contribution >= 4 is 17.4 Å². The van der Waals surface area contributed by atoms with E-state index < -0.39 is 5.97 Å². The summed E-state index contributed by atoms with van der Waals surface area (Å²) in [6.07, 6.45) is 0. The van der Waals surface area contributed by atoms with Crippen LogP contribution in [0.25, 0.3) is 11.1 Å². The first kappa shape index (κ1) is 18.3. The number of carbonyl (C=O) groups excluding carboxylic acids is 1. The molecule has 132 valence electrons. The lowest BCUT2D eigenvalue weighted by Gasteiger charge is -2.16. The number of nitrogens with zero attached hydrogens (tertiary/aromatic N) is 1. The Hall–Kier alpha value is -3.02. The molecule has 2 rings (SSSR count). The molecular weight excluding hydrogens is 320 g/mol. The van der Waals surface area contributed by atoms with Crippen molar-refractivity contribution in [1.82, 2.24) is 0 Å². The molecule has 0 bridgehead atoms. The lowest BCUT2D eigenvalue weighted by atomic mass is 10.0. The molecule has 6 heteroatoms. The number of hydrogen-bond donors (Lipinski definition) is 1. The highest BCUT2D eigenvalue weighted by molar-refractivity contribution is 6.35. The fraction of sp³-hybridized carbons (Fsp3) is 0.263. The standard InChI is InChI=1S/C19H22N2O4/c1-5-25-19(22)13(2)20-21-15-10-7-6-9-14(15)18-16(23-3)11-8-12-17(18)24-4/h6-12,21H,5H2,1-4H3. The molecular formula is C19H22N2O4. The van der Waals surface area contributed by atoms with Gasteiger partial charge in [-0.15, -0.1) is 0 Å². The van der Waals surface area contributed by atoms with Crippen LogP contribution in [0.4, 0.5) is 5.69 Å². The molecule has 0 aliphatic heterocycles. The van der Waals surface area contributed by atoms with Crippen molar-refractivity contribution in [3.63, 3.8) is 0 Å². The second-order valence-electron chi connectivity index (χ2n) is 5.11. The Morgan fingerprint density at radius 3 is 2.28 bits per heavy atom. The zero-order valence-corrected chi connectivity index (χ0v) is 14.8. The van der Waals surface area contributed by atoms with Crippen molar-refractivity contribution in [2.45, 2.75) is 13.8 Å². The van der Waals surface area contributed by atoms with E-state index in [1.54, 1.807) is 28.1 Å². The SMILES string of the molecule is CCOC(=O)C(C)=NNc1ccccc1-c1c(OC)cccc1OC. The van der Waals surface area contributed by atoms with E-state index in [9.17, 15) is 4.79 Å². The molecule has 6 nitrogen and oxygen atoms in total. The maximum atomic E-state index is 11.7. The van der Waals surface area contributed by atoms with Gasteiger partial charge in [-0.25, -0.2) is 4.79 Å². The van der Waals surface area contributed by atoms with Crippen molar-refractivity contribution in [2.75, 3.05) is 26.3 Å². The van der Waals surface area contributed by atoms with Crippen LogP contribution in [-0.2, 0) is 9.53 Å². The maximum absolute atomic E-state index is 11.7. The molecule has 0 spiro atoms. The molecule has 0 aromatic heterocycles. The Morgan fingerprint density at radius 2 is 1.68 bits per heavy atom. The van der Waals surface area contributed by atoms with Gasteiger partial charge in [-0.3, -0.25) is 5.43 Å². The summed E-state index contributed by atoms with van der Waals surface area (Å²) in [5.74, 6) is 0.904. The molecule has 1 N–H and O–H groups in total. The highest BCUT2D eigenvalue weighted by Gasteiger charge is 2.15. The minimum atomic E-state index is -0.456. The third-order valence-electron chi connectivity index (χ3n) is 3.54. The van der Waals surface area contributed by atoms with Gasteiger partial charge in [0, 0.05) is 5.56 Å². The van der Waals surface area contributed by atoms with Crippen molar-refractivity contribution < 1.29 is 19.0 Å². The number of esters is 1. The third-order valence-corrected chi connectivity index (χ3v) is 3.54. The molecule has 0 fully saturated rings. The van der Waals surface area contributed by atoms with E-state index in [4.69, 9.17) is 14.2 Å². The topological polar surface area (TPSA) is 69.2 Å². The molecule has 0 aliphatic carbocycles. The smallest absolute Gasteiger partial charge is 0.354 e. The van der Waals surface area contributed by atoms with Crippen LogP contribution in [0, 0.1) is 0 Å². The number of para-hydroxylation sites is 1. The number of hydrogen-bond acceptors (Lipinski definition) is 6. The third kappa shape index (κ3) is 4.29. The highest BCUT2D eigenvalue weighted by atomic mass is 16.5. The number of carbonyl (C=O) groups is 1. The van der Waals surface area contributed by atoms with Crippen LogP contribution in [-0.4, -0.2) is 32.5 Å². The average Bonchev–Trinajstić information content (AvgIpc) is 2.65. The van der Waals surface area contributed by atoms with Gasteiger partial charge in [0.2, 0.25) is 0 Å². The van der Waals surface area contributed by atoms with Crippen LogP contribution in [0.2, 0.25) is 0 Å². The normalized spacial score (nSPS) is 11.0. The molecule has 0 amide bonds. The molecule has 0 heterocycles. The van der Waals surface area contributed by atoms with Crippen LogP contribution in [0.3, 0.4) is 0 Å². The Bertz CT molecular complexity index is 750. The van der Waals surface area contributed by atoms with Gasteiger partial charge < -0.3 is 14.2 Å². The number of methoxy groups -OCH3 is 2. The van der Waals surface area contributed by atoms with Crippen LogP contribution >= 0.6 is 0 Å². The number of anilines is 1. The van der Waals surface area contributed by atoms with Gasteiger partial charge in [0.15, 0.2) is 0 Å². The molecule has 2 aromatic rings. The Kier molecular flexibility index (Phi) is 6.39. The summed E-state index contributed by atoms with van der Waals surface area (Å²) in [6.45, 7) is 3.65. The Morgan fingerprint density at radius 1 is 1.04 bits per heavy atom. The molecule has 0 saturated heterocycles. The van der Waals surface area contributed by atoms with Gasteiger partial charge in [0.25, 0.3) is 0 Å². The monoisotopic (exact) mass is 342 g/mol. The lowest BCUT2D eigenvalue weighted by molar-refractivity contribution is -0.135. The first-order valence-corrected chi connectivity index (χ1v) is 7.90. The van der Waals surface area contributed by atoms with Gasteiger partial charge >= 0.3 is 5.97 Å². The molecule has 0 aliphatic rings. The molecule has 0 atom stereocenters. The van der Waals surface area contributed by atoms with Crippen molar-refractivity contribution in [3.05, 3.63) is 42.5 Å². The van der Waals surface area contributed by atoms with Crippen LogP contribution in [0.5, 0.6) is 11.5 Å². The first-order valence-electron chi connectivity index (χ1n) is 7.90. The summed E-state index contributed by atoms with van der Waals surface area (Å²) in [6, 6.07) is 13.2. The second-order valence-corrected chi connectivity index (χ2v) is 5.11. The highest BCUT2D eigenvalue weighted by Crippen LogP contribution is 2.41. The minimum Gasteiger partial charge on any atom is -0.496 e. The molecule has 0 radical (unpaired) electrons. The molecule has 2 aromatic carbocycles. The molecule has 25 heavy (non-hydrogen) atoms. The molecule has 0 unspecified atom stereocenters. The number of benzene rings is 2. The zero-order chi connectivity index (χ0) is 18.2. The van der Waals surface area contributed by atoms with Crippen LogP contribution in [0.15, 0.2) is 47.6 Å². The maximum Gasteiger partial charge on any atom is 0.354 e. The van der Waals surface area contributed by atoms with Crippen LogP contribution < -0.4 is 14.9 Å². The van der Waals surface area contributed by atoms with E-state index >= 15 is 0 Å². The van der Waals surface area contributed by atoms with E-state index in [0.717, 1.165) is 11.1 Å². The minimum absolute atomic E-state index is 0.239. The summed E-state index contributed by atoms with van der Waals surface area (Å²) in [4.78, 5) is 11.7. The van der Waals surface area contributed by atoms with E-state index in [-0.39, 0.29) is 5.71 Å². The average molecular weight is 342 g/mol. The number of hydrazone groups is 1. The van der Waals surface area contributed by atoms with E-state index in [2.05, 4.69) is 10.5 Å². The van der Waals surface area contributed by atoms with Crippen LogP contribution in [0.1, 0.15) is 13.8 Å². The van der Waals surface area contributed by atoms with Gasteiger partial charge in [-0.1, -0.05) is 24.3 Å². The van der Waals surface area contributed by atoms with Gasteiger partial charge in [-0.05, 0) is 32.0 Å². The largest absolute Gasteiger partial charge is 0.496 e. The zero-order valence-electron chi connectivity index (χ0n) is 14.8. The van der Waals surface area contributed by atoms with Crippen molar-refractivity contribution in [1.29, 1.82) is 0 Å². The predicted octanol–water partition coefficient (Wildman–Crippen LogP) is 3.72. The number of ether oxygens (including phenoxy) is 3. The van der Waals surface area contributed by atoms with E-state index in [1.807, 2.05) is 42.5 Å². The van der Waals surface area contributed by atoms with E-state index in [1.165, 1.54) is 0 Å². The lowest BCUT2D eigenvalue weighted by Crippen LogP contribution is -2.15. The summed E-state index contributed by atoms with van der Waals surface area (Å²) in [5.41, 5.74) is 5.54. The summed E-state index contributed by atoms with van der Waals surface area (Å²) >= 11 is 0. The summed E-state index contributed by atoms with van der Waals surface area (Å²) in [5, 5.41) is 4.12. The summed E-state index contributed by atoms with van der Waals surface area (Å²) < 4.78 is 15.9. The Balaban J connectivity index is 2.43. The number of nitrogens with one attached hydrogen (secondary N) is 1. The first-order chi connectivity index (χ1) is 12.1. The summed E-state index contributed by atoms with van der Waals surface area (Å²) in [7, 11) is 3.22. The predicted molar refractivity (Wildman–Crippen MR) is 98.3 cm³/mol.